The number of anilines is 1. The summed E-state index contributed by atoms with van der Waals surface area (Å²) < 4.78 is 23.0. The molecule has 0 atom stereocenters. The first-order valence-electron chi connectivity index (χ1n) is 7.85. The van der Waals surface area contributed by atoms with Gasteiger partial charge >= 0.3 is 0 Å². The largest absolute Gasteiger partial charge is 0.369 e. The monoisotopic (exact) mass is 324 g/mol. The van der Waals surface area contributed by atoms with Gasteiger partial charge in [0, 0.05) is 44.7 Å². The molecule has 4 nitrogen and oxygen atoms in total. The van der Waals surface area contributed by atoms with Crippen molar-refractivity contribution in [2.45, 2.75) is 32.4 Å². The molecule has 1 saturated heterocycles. The van der Waals surface area contributed by atoms with Crippen molar-refractivity contribution in [2.75, 3.05) is 43.9 Å². The van der Waals surface area contributed by atoms with Crippen molar-refractivity contribution in [3.63, 3.8) is 0 Å². The third-order valence-electron chi connectivity index (χ3n) is 4.90. The van der Waals surface area contributed by atoms with Crippen LogP contribution in [0.4, 0.5) is 5.69 Å². The summed E-state index contributed by atoms with van der Waals surface area (Å²) in [4.78, 5) is 4.68. The number of sulfone groups is 1. The fourth-order valence-corrected chi connectivity index (χ4v) is 3.30. The highest BCUT2D eigenvalue weighted by molar-refractivity contribution is 7.92. The Morgan fingerprint density at radius 3 is 2.23 bits per heavy atom. The smallest absolute Gasteiger partial charge is 0.153 e. The van der Waals surface area contributed by atoms with Crippen LogP contribution in [-0.2, 0) is 9.84 Å². The molecule has 1 aliphatic rings. The van der Waals surface area contributed by atoms with Gasteiger partial charge in [-0.2, -0.15) is 0 Å². The molecule has 0 unspecified atom stereocenters. The van der Waals surface area contributed by atoms with Gasteiger partial charge in [0.05, 0.1) is 4.75 Å². The Morgan fingerprint density at radius 2 is 1.68 bits per heavy atom. The second kappa shape index (κ2) is 6.20. The number of nitrogens with zero attached hydrogens (tertiary/aromatic N) is 2. The van der Waals surface area contributed by atoms with E-state index in [0.717, 1.165) is 26.2 Å². The van der Waals surface area contributed by atoms with Crippen molar-refractivity contribution in [1.29, 1.82) is 0 Å². The molecule has 2 rings (SSSR count). The van der Waals surface area contributed by atoms with E-state index >= 15 is 0 Å². The van der Waals surface area contributed by atoms with E-state index in [9.17, 15) is 8.42 Å². The van der Waals surface area contributed by atoms with Crippen LogP contribution in [0.5, 0.6) is 0 Å². The fourth-order valence-electron chi connectivity index (χ4n) is 2.88. The maximum Gasteiger partial charge on any atom is 0.153 e. The molecule has 0 aromatic heterocycles. The van der Waals surface area contributed by atoms with Crippen molar-refractivity contribution in [2.24, 2.45) is 0 Å². The first-order chi connectivity index (χ1) is 10.1. The van der Waals surface area contributed by atoms with Crippen molar-refractivity contribution < 1.29 is 8.42 Å². The zero-order valence-electron chi connectivity index (χ0n) is 14.4. The molecule has 1 aliphatic heterocycles. The predicted octanol–water partition coefficient (Wildman–Crippen LogP) is 2.25. The highest BCUT2D eigenvalue weighted by atomic mass is 32.2. The predicted molar refractivity (Wildman–Crippen MR) is 93.5 cm³/mol. The zero-order valence-corrected chi connectivity index (χ0v) is 15.2. The van der Waals surface area contributed by atoms with E-state index in [1.807, 2.05) is 13.8 Å². The molecule has 0 saturated carbocycles. The molecule has 0 N–H and O–H groups in total. The highest BCUT2D eigenvalue weighted by Gasteiger charge is 2.33. The summed E-state index contributed by atoms with van der Waals surface area (Å²) in [6.07, 6.45) is 1.33. The van der Waals surface area contributed by atoms with Gasteiger partial charge in [-0.05, 0) is 44.9 Å². The van der Waals surface area contributed by atoms with Gasteiger partial charge in [-0.1, -0.05) is 12.1 Å². The van der Waals surface area contributed by atoms with E-state index < -0.39 is 14.6 Å². The van der Waals surface area contributed by atoms with Crippen LogP contribution in [0, 0.1) is 13.8 Å². The standard InChI is InChI=1S/C17H28N2O2S/c1-14-7-6-8-16(15(14)2)19-11-9-18(10-12-19)13-17(3,4)22(5,20)21/h6-8H,9-13H2,1-5H3. The lowest BCUT2D eigenvalue weighted by atomic mass is 10.1. The van der Waals surface area contributed by atoms with Gasteiger partial charge in [0.1, 0.15) is 0 Å². The average molecular weight is 324 g/mol. The van der Waals surface area contributed by atoms with Gasteiger partial charge in [0.25, 0.3) is 0 Å². The fraction of sp³-hybridized carbons (Fsp3) is 0.647. The van der Waals surface area contributed by atoms with E-state index in [1.54, 1.807) is 0 Å². The Hall–Kier alpha value is -1.07. The van der Waals surface area contributed by atoms with Gasteiger partial charge in [-0.25, -0.2) is 8.42 Å². The lowest BCUT2D eigenvalue weighted by molar-refractivity contribution is 0.238. The highest BCUT2D eigenvalue weighted by Crippen LogP contribution is 2.25. The number of piperazine rings is 1. The van der Waals surface area contributed by atoms with Gasteiger partial charge < -0.3 is 4.90 Å². The van der Waals surface area contributed by atoms with Crippen molar-refractivity contribution in [3.05, 3.63) is 29.3 Å². The molecule has 22 heavy (non-hydrogen) atoms. The zero-order chi connectivity index (χ0) is 16.5. The number of aryl methyl sites for hydroxylation is 1. The van der Waals surface area contributed by atoms with Crippen LogP contribution >= 0.6 is 0 Å². The molecule has 0 aliphatic carbocycles. The Balaban J connectivity index is 2.01. The lowest BCUT2D eigenvalue weighted by Gasteiger charge is -2.39. The minimum Gasteiger partial charge on any atom is -0.369 e. The molecule has 0 spiro atoms. The molecule has 0 radical (unpaired) electrons. The number of hydrogen-bond acceptors (Lipinski definition) is 4. The molecule has 5 heteroatoms. The van der Waals surface area contributed by atoms with E-state index in [2.05, 4.69) is 41.8 Å². The molecule has 1 fully saturated rings. The first kappa shape index (κ1) is 17.3. The maximum absolute atomic E-state index is 11.9. The minimum absolute atomic E-state index is 0.604. The Morgan fingerprint density at radius 1 is 1.09 bits per heavy atom. The van der Waals surface area contributed by atoms with Crippen LogP contribution in [-0.4, -0.2) is 57.0 Å². The van der Waals surface area contributed by atoms with Crippen LogP contribution in [0.15, 0.2) is 18.2 Å². The summed E-state index contributed by atoms with van der Waals surface area (Å²) in [7, 11) is -3.04. The minimum atomic E-state index is -3.04. The van der Waals surface area contributed by atoms with Crippen LogP contribution in [0.1, 0.15) is 25.0 Å². The van der Waals surface area contributed by atoms with E-state index in [0.29, 0.717) is 6.54 Å². The number of benzene rings is 1. The van der Waals surface area contributed by atoms with Gasteiger partial charge in [-0.15, -0.1) is 0 Å². The molecule has 1 heterocycles. The molecular weight excluding hydrogens is 296 g/mol. The number of rotatable bonds is 4. The summed E-state index contributed by atoms with van der Waals surface area (Å²) >= 11 is 0. The lowest BCUT2D eigenvalue weighted by Crippen LogP contribution is -2.52. The maximum atomic E-state index is 11.9. The number of hydrogen-bond donors (Lipinski definition) is 0. The molecule has 0 bridgehead atoms. The summed E-state index contributed by atoms with van der Waals surface area (Å²) in [6.45, 7) is 12.3. The molecule has 124 valence electrons. The molecule has 1 aromatic rings. The van der Waals surface area contributed by atoms with Crippen molar-refractivity contribution in [3.8, 4) is 0 Å². The summed E-state index contributed by atoms with van der Waals surface area (Å²) in [6, 6.07) is 6.43. The van der Waals surface area contributed by atoms with Gasteiger partial charge in [-0.3, -0.25) is 4.90 Å². The Kier molecular flexibility index (Phi) is 4.87. The second-order valence-corrected chi connectivity index (χ2v) is 9.66. The molecule has 1 aromatic carbocycles. The summed E-state index contributed by atoms with van der Waals surface area (Å²) in [5.74, 6) is 0. The van der Waals surface area contributed by atoms with E-state index in [4.69, 9.17) is 0 Å². The third kappa shape index (κ3) is 3.63. The summed E-state index contributed by atoms with van der Waals surface area (Å²) in [5.41, 5.74) is 3.97. The van der Waals surface area contributed by atoms with Crippen LogP contribution in [0.25, 0.3) is 0 Å². The molecular formula is C17H28N2O2S. The van der Waals surface area contributed by atoms with Crippen LogP contribution in [0.2, 0.25) is 0 Å². The van der Waals surface area contributed by atoms with Crippen molar-refractivity contribution in [1.82, 2.24) is 4.90 Å². The van der Waals surface area contributed by atoms with Crippen LogP contribution in [0.3, 0.4) is 0 Å². The normalized spacial score (nSPS) is 17.8. The molecule has 0 amide bonds. The second-order valence-electron chi connectivity index (χ2n) is 7.01. The van der Waals surface area contributed by atoms with Gasteiger partial charge in [0.2, 0.25) is 0 Å². The summed E-state index contributed by atoms with van der Waals surface area (Å²) in [5, 5.41) is 0. The SMILES string of the molecule is Cc1cccc(N2CCN(CC(C)(C)S(C)(=O)=O)CC2)c1C. The third-order valence-corrected chi connectivity index (χ3v) is 7.03. The van der Waals surface area contributed by atoms with Crippen molar-refractivity contribution >= 4 is 15.5 Å². The quantitative estimate of drug-likeness (QED) is 0.852. The van der Waals surface area contributed by atoms with E-state index in [1.165, 1.54) is 23.1 Å². The Bertz CT molecular complexity index is 630. The van der Waals surface area contributed by atoms with Gasteiger partial charge in [0.15, 0.2) is 9.84 Å². The Labute approximate surface area is 135 Å². The topological polar surface area (TPSA) is 40.6 Å². The van der Waals surface area contributed by atoms with Crippen LogP contribution < -0.4 is 4.90 Å². The first-order valence-corrected chi connectivity index (χ1v) is 9.74. The average Bonchev–Trinajstić information content (AvgIpc) is 2.41. The van der Waals surface area contributed by atoms with E-state index in [-0.39, 0.29) is 0 Å².